The molecule has 0 spiro atoms. The maximum absolute atomic E-state index is 13.3. The lowest BCUT2D eigenvalue weighted by Crippen LogP contribution is -3.19. The van der Waals surface area contributed by atoms with Gasteiger partial charge in [-0.1, -0.05) is 24.3 Å². The Morgan fingerprint density at radius 1 is 1.15 bits per heavy atom. The van der Waals surface area contributed by atoms with Crippen LogP contribution in [0.4, 0.5) is 11.5 Å². The van der Waals surface area contributed by atoms with Gasteiger partial charge in [0.1, 0.15) is 26.2 Å². The van der Waals surface area contributed by atoms with Crippen LogP contribution in [-0.2, 0) is 11.2 Å². The highest BCUT2D eigenvalue weighted by Gasteiger charge is 2.39. The Balaban J connectivity index is 1.42. The number of amides is 1. The molecule has 2 aliphatic rings. The van der Waals surface area contributed by atoms with Crippen LogP contribution in [0, 0.1) is 0 Å². The van der Waals surface area contributed by atoms with Crippen LogP contribution in [0.15, 0.2) is 48.7 Å². The first-order valence-electron chi connectivity index (χ1n) is 9.62. The Hall–Kier alpha value is -2.40. The number of para-hydroxylation sites is 1. The van der Waals surface area contributed by atoms with Gasteiger partial charge in [-0.05, 0) is 38.0 Å². The van der Waals surface area contributed by atoms with Crippen LogP contribution in [0.1, 0.15) is 19.4 Å². The third-order valence-corrected chi connectivity index (χ3v) is 5.87. The Morgan fingerprint density at radius 2 is 1.88 bits per heavy atom. The number of hydrogen-bond donors (Lipinski definition) is 1. The van der Waals surface area contributed by atoms with Gasteiger partial charge in [-0.25, -0.2) is 4.98 Å². The van der Waals surface area contributed by atoms with E-state index in [0.29, 0.717) is 0 Å². The minimum Gasteiger partial charge on any atom is -0.318 e. The highest BCUT2D eigenvalue weighted by molar-refractivity contribution is 5.98. The third-order valence-electron chi connectivity index (χ3n) is 5.87. The van der Waals surface area contributed by atoms with Gasteiger partial charge in [-0.3, -0.25) is 9.69 Å². The highest BCUT2D eigenvalue weighted by Crippen LogP contribution is 2.32. The number of aromatic nitrogens is 1. The molecule has 2 atom stereocenters. The summed E-state index contributed by atoms with van der Waals surface area (Å²) in [5.41, 5.74) is 2.40. The lowest BCUT2D eigenvalue weighted by atomic mass is 10.1. The minimum absolute atomic E-state index is 0.00879. The summed E-state index contributed by atoms with van der Waals surface area (Å²) in [6.07, 6.45) is 2.93. The van der Waals surface area contributed by atoms with E-state index in [-0.39, 0.29) is 18.0 Å². The van der Waals surface area contributed by atoms with Crippen molar-refractivity contribution in [1.29, 1.82) is 0 Å². The maximum Gasteiger partial charge on any atom is 0.285 e. The smallest absolute Gasteiger partial charge is 0.285 e. The van der Waals surface area contributed by atoms with Crippen molar-refractivity contribution < 1.29 is 14.7 Å². The molecule has 136 valence electrons. The molecule has 1 aromatic carbocycles. The van der Waals surface area contributed by atoms with Crippen molar-refractivity contribution in [3.05, 3.63) is 54.2 Å². The topological polar surface area (TPSA) is 42.1 Å². The van der Waals surface area contributed by atoms with Gasteiger partial charge in [0.05, 0.1) is 6.20 Å². The predicted octanol–water partition coefficient (Wildman–Crippen LogP) is 0.572. The van der Waals surface area contributed by atoms with Crippen LogP contribution in [-0.4, -0.2) is 44.2 Å². The van der Waals surface area contributed by atoms with Crippen molar-refractivity contribution >= 4 is 17.4 Å². The van der Waals surface area contributed by atoms with E-state index in [2.05, 4.69) is 54.1 Å². The number of rotatable bonds is 3. The quantitative estimate of drug-likeness (QED) is 0.878. The van der Waals surface area contributed by atoms with Crippen LogP contribution in [0.25, 0.3) is 0 Å². The van der Waals surface area contributed by atoms with Crippen LogP contribution >= 0.6 is 0 Å². The zero-order valence-corrected chi connectivity index (χ0v) is 15.6. The minimum atomic E-state index is -0.00879. The molecule has 1 fully saturated rings. The Bertz CT molecular complexity index is 771. The van der Waals surface area contributed by atoms with E-state index in [4.69, 9.17) is 0 Å². The molecule has 2 aromatic rings. The number of nitrogens with zero attached hydrogens (tertiary/aromatic N) is 2. The second-order valence-electron chi connectivity index (χ2n) is 7.50. The van der Waals surface area contributed by atoms with Gasteiger partial charge in [0, 0.05) is 17.8 Å². The zero-order chi connectivity index (χ0) is 18.1. The van der Waals surface area contributed by atoms with Gasteiger partial charge in [0.25, 0.3) is 11.7 Å². The van der Waals surface area contributed by atoms with E-state index < -0.39 is 0 Å². The number of hydrogen-bond acceptors (Lipinski definition) is 2. The first-order valence-corrected chi connectivity index (χ1v) is 9.62. The van der Waals surface area contributed by atoms with Crippen molar-refractivity contribution in [2.24, 2.45) is 0 Å². The first kappa shape index (κ1) is 17.0. The molecular weight excluding hydrogens is 324 g/mol. The van der Waals surface area contributed by atoms with E-state index in [1.807, 2.05) is 23.2 Å². The van der Waals surface area contributed by atoms with Gasteiger partial charge < -0.3 is 9.80 Å². The van der Waals surface area contributed by atoms with Crippen molar-refractivity contribution in [1.82, 2.24) is 0 Å². The summed E-state index contributed by atoms with van der Waals surface area (Å²) in [4.78, 5) is 22.4. The molecule has 2 aliphatic heterocycles. The van der Waals surface area contributed by atoms with Gasteiger partial charge in [-0.15, -0.1) is 0 Å². The number of fused-ring (bicyclic) bond motifs is 1. The molecule has 5 heteroatoms. The monoisotopic (exact) mass is 352 g/mol. The largest absolute Gasteiger partial charge is 0.318 e. The number of carbonyl (C=O) groups is 1. The molecule has 5 nitrogen and oxygen atoms in total. The summed E-state index contributed by atoms with van der Waals surface area (Å²) in [5.74, 6) is 1.42. The molecule has 2 N–H and O–H groups in total. The molecule has 1 saturated heterocycles. The molecule has 1 amide bonds. The van der Waals surface area contributed by atoms with Crippen molar-refractivity contribution in [3.63, 3.8) is 0 Å². The lowest BCUT2D eigenvalue weighted by molar-refractivity contribution is -0.914. The molecule has 26 heavy (non-hydrogen) atoms. The second kappa shape index (κ2) is 7.08. The average molecular weight is 352 g/mol. The number of benzene rings is 1. The number of H-pyrrole nitrogens is 1. The fourth-order valence-corrected chi connectivity index (χ4v) is 4.33. The number of quaternary nitrogens is 1. The van der Waals surface area contributed by atoms with Gasteiger partial charge in [0.2, 0.25) is 0 Å². The number of carbonyl (C=O) groups excluding carboxylic acids is 1. The molecule has 0 aliphatic carbocycles. The number of anilines is 2. The van der Waals surface area contributed by atoms with E-state index in [0.717, 1.165) is 44.1 Å². The van der Waals surface area contributed by atoms with Crippen molar-refractivity contribution in [3.8, 4) is 0 Å². The maximum atomic E-state index is 13.3. The van der Waals surface area contributed by atoms with E-state index in [1.54, 1.807) is 0 Å². The zero-order valence-electron chi connectivity index (χ0n) is 15.6. The molecular formula is C21H28N4O+2. The van der Waals surface area contributed by atoms with Gasteiger partial charge in [0.15, 0.2) is 6.04 Å². The van der Waals surface area contributed by atoms with Gasteiger partial charge >= 0.3 is 0 Å². The standard InChI is InChI=1S/C21H26N4O/c1-16-15-18-7-3-4-8-19(18)25(16)21(26)17(2)23-11-13-24(14-12-23)20-9-5-6-10-22-20/h3-10,16-17H,11-15H2,1-2H3/p+2/t16-,17-/m1/s1. The average Bonchev–Trinajstić information content (AvgIpc) is 3.03. The van der Waals surface area contributed by atoms with Crippen molar-refractivity contribution in [2.75, 3.05) is 36.0 Å². The molecule has 0 bridgehead atoms. The SMILES string of the molecule is C[C@@H]1Cc2ccccc2N1C(=O)[C@@H](C)[NH+]1CCN(c2cccc[nH+]2)CC1. The van der Waals surface area contributed by atoms with Crippen LogP contribution in [0.2, 0.25) is 0 Å². The van der Waals surface area contributed by atoms with E-state index in [1.165, 1.54) is 10.5 Å². The molecule has 0 radical (unpaired) electrons. The third kappa shape index (κ3) is 3.07. The fourth-order valence-electron chi connectivity index (χ4n) is 4.33. The molecule has 0 unspecified atom stereocenters. The summed E-state index contributed by atoms with van der Waals surface area (Å²) < 4.78 is 0. The molecule has 3 heterocycles. The van der Waals surface area contributed by atoms with E-state index >= 15 is 0 Å². The molecule has 4 rings (SSSR count). The normalized spacial score (nSPS) is 21.5. The summed E-state index contributed by atoms with van der Waals surface area (Å²) in [5, 5.41) is 0. The number of pyridine rings is 1. The fraction of sp³-hybridized carbons (Fsp3) is 0.429. The number of piperazine rings is 1. The van der Waals surface area contributed by atoms with Crippen LogP contribution in [0.5, 0.6) is 0 Å². The number of aromatic amines is 1. The summed E-state index contributed by atoms with van der Waals surface area (Å²) in [6.45, 7) is 8.16. The highest BCUT2D eigenvalue weighted by atomic mass is 16.2. The lowest BCUT2D eigenvalue weighted by Gasteiger charge is -2.34. The Labute approximate surface area is 155 Å². The first-order chi connectivity index (χ1) is 12.6. The van der Waals surface area contributed by atoms with Crippen LogP contribution in [0.3, 0.4) is 0 Å². The summed E-state index contributed by atoms with van der Waals surface area (Å²) in [7, 11) is 0. The molecule has 0 saturated carbocycles. The second-order valence-corrected chi connectivity index (χ2v) is 7.50. The summed E-state index contributed by atoms with van der Waals surface area (Å²) >= 11 is 0. The predicted molar refractivity (Wildman–Crippen MR) is 102 cm³/mol. The number of nitrogens with one attached hydrogen (secondary N) is 2. The summed E-state index contributed by atoms with van der Waals surface area (Å²) in [6, 6.07) is 14.7. The Morgan fingerprint density at radius 3 is 2.62 bits per heavy atom. The van der Waals surface area contributed by atoms with Crippen molar-refractivity contribution in [2.45, 2.75) is 32.4 Å². The van der Waals surface area contributed by atoms with Crippen LogP contribution < -0.4 is 19.7 Å². The van der Waals surface area contributed by atoms with E-state index in [9.17, 15) is 4.79 Å². The van der Waals surface area contributed by atoms with Gasteiger partial charge in [-0.2, -0.15) is 0 Å². The molecule has 1 aromatic heterocycles. The Kier molecular flexibility index (Phi) is 4.64.